The van der Waals surface area contributed by atoms with Gasteiger partial charge in [-0.15, -0.1) is 0 Å². The van der Waals surface area contributed by atoms with E-state index >= 15 is 0 Å². The minimum absolute atomic E-state index is 0.0122. The summed E-state index contributed by atoms with van der Waals surface area (Å²) < 4.78 is 6.75. The molecule has 4 heterocycles. The summed E-state index contributed by atoms with van der Waals surface area (Å²) in [5.41, 5.74) is 2.88. The summed E-state index contributed by atoms with van der Waals surface area (Å²) in [7, 11) is 0. The van der Waals surface area contributed by atoms with Crippen LogP contribution in [0.1, 0.15) is 23.4 Å². The number of piperazine rings is 1. The average molecular weight is 344 g/mol. The number of carbonyl (C=O) groups excluding carboxylic acids is 2. The van der Waals surface area contributed by atoms with Crippen molar-refractivity contribution in [3.63, 3.8) is 0 Å². The zero-order valence-corrected chi connectivity index (χ0v) is 14.3. The molecule has 0 aromatic carbocycles. The number of nitrogens with zero attached hydrogens (tertiary/aromatic N) is 6. The van der Waals surface area contributed by atoms with Gasteiger partial charge in [0, 0.05) is 37.4 Å². The number of rotatable bonds is 3. The summed E-state index contributed by atoms with van der Waals surface area (Å²) in [5.74, 6) is 0.670. The molecule has 1 atom stereocenters. The van der Waals surface area contributed by atoms with Gasteiger partial charge in [-0.1, -0.05) is 0 Å². The van der Waals surface area contributed by atoms with E-state index in [2.05, 4.69) is 15.1 Å². The lowest BCUT2D eigenvalue weighted by Crippen LogP contribution is -2.53. The SMILES string of the molecule is Cc1nc2ncnn2c(C)c1CCC(=O)N1CCN2C(=O)OC[C@@H]2C1. The number of fused-ring (bicyclic) bond motifs is 2. The van der Waals surface area contributed by atoms with E-state index in [-0.39, 0.29) is 18.0 Å². The fraction of sp³-hybridized carbons (Fsp3) is 0.562. The van der Waals surface area contributed by atoms with Crippen LogP contribution in [0.25, 0.3) is 5.78 Å². The van der Waals surface area contributed by atoms with Crippen LogP contribution >= 0.6 is 0 Å². The minimum Gasteiger partial charge on any atom is -0.447 e. The van der Waals surface area contributed by atoms with Gasteiger partial charge in [-0.25, -0.2) is 14.3 Å². The maximum Gasteiger partial charge on any atom is 0.410 e. The van der Waals surface area contributed by atoms with Gasteiger partial charge < -0.3 is 9.64 Å². The summed E-state index contributed by atoms with van der Waals surface area (Å²) in [6.45, 7) is 5.91. The molecule has 0 aliphatic carbocycles. The lowest BCUT2D eigenvalue weighted by Gasteiger charge is -2.35. The van der Waals surface area contributed by atoms with Crippen LogP contribution in [-0.2, 0) is 16.0 Å². The lowest BCUT2D eigenvalue weighted by atomic mass is 10.1. The first-order valence-corrected chi connectivity index (χ1v) is 8.41. The molecule has 0 radical (unpaired) electrons. The second-order valence-electron chi connectivity index (χ2n) is 6.50. The second kappa shape index (κ2) is 5.98. The van der Waals surface area contributed by atoms with E-state index in [0.717, 1.165) is 17.0 Å². The first kappa shape index (κ1) is 15.8. The van der Waals surface area contributed by atoms with Gasteiger partial charge in [0.2, 0.25) is 5.91 Å². The molecule has 2 aromatic heterocycles. The van der Waals surface area contributed by atoms with Crippen molar-refractivity contribution < 1.29 is 14.3 Å². The maximum absolute atomic E-state index is 12.6. The summed E-state index contributed by atoms with van der Waals surface area (Å²) in [6.07, 6.45) is 2.23. The second-order valence-corrected chi connectivity index (χ2v) is 6.50. The van der Waals surface area contributed by atoms with Crippen LogP contribution in [0.4, 0.5) is 4.79 Å². The normalized spacial score (nSPS) is 20.1. The molecule has 132 valence electrons. The van der Waals surface area contributed by atoms with Crippen LogP contribution in [-0.4, -0.2) is 73.7 Å². The van der Waals surface area contributed by atoms with Gasteiger partial charge in [0.05, 0.1) is 6.04 Å². The lowest BCUT2D eigenvalue weighted by molar-refractivity contribution is -0.133. The molecule has 0 bridgehead atoms. The molecular weight excluding hydrogens is 324 g/mol. The Morgan fingerprint density at radius 1 is 1.36 bits per heavy atom. The van der Waals surface area contributed by atoms with E-state index < -0.39 is 0 Å². The van der Waals surface area contributed by atoms with Gasteiger partial charge in [0.15, 0.2) is 0 Å². The average Bonchev–Trinajstić information content (AvgIpc) is 3.21. The minimum atomic E-state index is -0.268. The Hall–Kier alpha value is -2.71. The molecular formula is C16H20N6O3. The van der Waals surface area contributed by atoms with Crippen LogP contribution in [0.15, 0.2) is 6.33 Å². The van der Waals surface area contributed by atoms with E-state index in [9.17, 15) is 9.59 Å². The Balaban J connectivity index is 1.43. The largest absolute Gasteiger partial charge is 0.447 e. The standard InChI is InChI=1S/C16H20N6O3/c1-10-13(11(2)22-15(19-10)17-9-18-22)3-4-14(23)20-5-6-21-12(7-20)8-25-16(21)24/h9,12H,3-8H2,1-2H3/t12-/m0/s1. The van der Waals surface area contributed by atoms with Gasteiger partial charge in [-0.05, 0) is 25.8 Å². The van der Waals surface area contributed by atoms with Crippen molar-refractivity contribution in [3.8, 4) is 0 Å². The van der Waals surface area contributed by atoms with Crippen LogP contribution in [0.3, 0.4) is 0 Å². The topological polar surface area (TPSA) is 92.9 Å². The van der Waals surface area contributed by atoms with E-state index in [4.69, 9.17) is 4.74 Å². The highest BCUT2D eigenvalue weighted by molar-refractivity contribution is 5.77. The maximum atomic E-state index is 12.6. The third kappa shape index (κ3) is 2.69. The van der Waals surface area contributed by atoms with Crippen molar-refractivity contribution >= 4 is 17.8 Å². The summed E-state index contributed by atoms with van der Waals surface area (Å²) >= 11 is 0. The quantitative estimate of drug-likeness (QED) is 0.797. The molecule has 2 saturated heterocycles. The number of carbonyl (C=O) groups is 2. The number of hydrogen-bond acceptors (Lipinski definition) is 6. The van der Waals surface area contributed by atoms with Crippen LogP contribution in [0.2, 0.25) is 0 Å². The molecule has 4 rings (SSSR count). The molecule has 2 fully saturated rings. The molecule has 0 saturated carbocycles. The fourth-order valence-electron chi connectivity index (χ4n) is 3.62. The van der Waals surface area contributed by atoms with Crippen molar-refractivity contribution in [2.24, 2.45) is 0 Å². The Morgan fingerprint density at radius 2 is 2.20 bits per heavy atom. The highest BCUT2D eigenvalue weighted by atomic mass is 16.6. The smallest absolute Gasteiger partial charge is 0.410 e. The Bertz CT molecular complexity index is 848. The van der Waals surface area contributed by atoms with Crippen LogP contribution in [0.5, 0.6) is 0 Å². The molecule has 2 aromatic rings. The number of ether oxygens (including phenoxy) is 1. The fourth-order valence-corrected chi connectivity index (χ4v) is 3.62. The zero-order valence-electron chi connectivity index (χ0n) is 14.3. The highest BCUT2D eigenvalue weighted by Gasteiger charge is 2.38. The molecule has 0 spiro atoms. The predicted octanol–water partition coefficient (Wildman–Crippen LogP) is 0.337. The van der Waals surface area contributed by atoms with Crippen molar-refractivity contribution in [2.75, 3.05) is 26.2 Å². The van der Waals surface area contributed by atoms with E-state index in [1.165, 1.54) is 6.33 Å². The molecule has 25 heavy (non-hydrogen) atoms. The summed E-state index contributed by atoms with van der Waals surface area (Å²) in [5, 5.41) is 4.18. The Labute approximate surface area is 144 Å². The molecule has 0 unspecified atom stereocenters. The van der Waals surface area contributed by atoms with Crippen LogP contribution in [0, 0.1) is 13.8 Å². The highest BCUT2D eigenvalue weighted by Crippen LogP contribution is 2.20. The van der Waals surface area contributed by atoms with Gasteiger partial charge in [0.1, 0.15) is 12.9 Å². The molecule has 0 N–H and O–H groups in total. The first-order chi connectivity index (χ1) is 12.0. The number of aromatic nitrogens is 4. The molecule has 2 aliphatic rings. The van der Waals surface area contributed by atoms with Gasteiger partial charge >= 0.3 is 6.09 Å². The summed E-state index contributed by atoms with van der Waals surface area (Å²) in [6, 6.07) is -0.0122. The van der Waals surface area contributed by atoms with Gasteiger partial charge in [0.25, 0.3) is 5.78 Å². The number of hydrogen-bond donors (Lipinski definition) is 0. The van der Waals surface area contributed by atoms with Crippen molar-refractivity contribution in [3.05, 3.63) is 23.3 Å². The third-order valence-electron chi connectivity index (χ3n) is 5.05. The number of amides is 2. The molecule has 9 heteroatoms. The zero-order chi connectivity index (χ0) is 17.6. The molecule has 2 amide bonds. The van der Waals surface area contributed by atoms with Crippen molar-refractivity contribution in [1.29, 1.82) is 0 Å². The molecule has 2 aliphatic heterocycles. The van der Waals surface area contributed by atoms with E-state index in [0.29, 0.717) is 44.9 Å². The number of aryl methyl sites for hydroxylation is 2. The number of cyclic esters (lactones) is 1. The Kier molecular flexibility index (Phi) is 3.78. The summed E-state index contributed by atoms with van der Waals surface area (Å²) in [4.78, 5) is 36.2. The first-order valence-electron chi connectivity index (χ1n) is 8.41. The third-order valence-corrected chi connectivity index (χ3v) is 5.05. The van der Waals surface area contributed by atoms with E-state index in [1.807, 2.05) is 18.7 Å². The van der Waals surface area contributed by atoms with Crippen molar-refractivity contribution in [1.82, 2.24) is 29.4 Å². The monoisotopic (exact) mass is 344 g/mol. The van der Waals surface area contributed by atoms with Gasteiger partial charge in [-0.2, -0.15) is 10.1 Å². The van der Waals surface area contributed by atoms with Gasteiger partial charge in [-0.3, -0.25) is 9.69 Å². The van der Waals surface area contributed by atoms with E-state index in [1.54, 1.807) is 9.42 Å². The Morgan fingerprint density at radius 3 is 3.04 bits per heavy atom. The van der Waals surface area contributed by atoms with Crippen molar-refractivity contribution in [2.45, 2.75) is 32.7 Å². The van der Waals surface area contributed by atoms with Crippen LogP contribution < -0.4 is 0 Å². The molecule has 9 nitrogen and oxygen atoms in total. The predicted molar refractivity (Wildman–Crippen MR) is 87.0 cm³/mol.